The second-order valence-corrected chi connectivity index (χ2v) is 6.99. The van der Waals surface area contributed by atoms with Gasteiger partial charge in [-0.15, -0.1) is 0 Å². The van der Waals surface area contributed by atoms with E-state index in [0.29, 0.717) is 6.61 Å². The Bertz CT molecular complexity index is 1250. The first-order valence-electron chi connectivity index (χ1n) is 9.42. The molecule has 136 valence electrons. The lowest BCUT2D eigenvalue weighted by molar-refractivity contribution is 0.185. The zero-order valence-corrected chi connectivity index (χ0v) is 15.7. The third kappa shape index (κ3) is 2.88. The van der Waals surface area contributed by atoms with Gasteiger partial charge in [0.05, 0.1) is 6.61 Å². The predicted molar refractivity (Wildman–Crippen MR) is 115 cm³/mol. The van der Waals surface area contributed by atoms with Crippen LogP contribution in [0.25, 0.3) is 44.2 Å². The molecule has 0 saturated carbocycles. The Morgan fingerprint density at radius 1 is 0.643 bits per heavy atom. The van der Waals surface area contributed by atoms with Gasteiger partial charge in [0.2, 0.25) is 0 Å². The summed E-state index contributed by atoms with van der Waals surface area (Å²) in [4.78, 5) is 0. The number of hydrogen-bond acceptors (Lipinski definition) is 2. The zero-order valence-electron chi connectivity index (χ0n) is 15.7. The van der Waals surface area contributed by atoms with Crippen LogP contribution in [-0.2, 0) is 11.3 Å². The summed E-state index contributed by atoms with van der Waals surface area (Å²) in [6.45, 7) is 0.640. The van der Waals surface area contributed by atoms with E-state index in [4.69, 9.17) is 9.15 Å². The van der Waals surface area contributed by atoms with Crippen LogP contribution in [0.1, 0.15) is 5.56 Å². The van der Waals surface area contributed by atoms with Crippen molar-refractivity contribution < 1.29 is 9.15 Å². The highest BCUT2D eigenvalue weighted by atomic mass is 16.5. The average molecular weight is 364 g/mol. The van der Waals surface area contributed by atoms with Crippen molar-refractivity contribution in [3.05, 3.63) is 96.6 Å². The standard InChI is InChI=1S/C26H20O2/c1-27-17-18-9-11-19(12-10-18)20-13-15-21(16-14-20)22-6-4-7-24-23-5-2-3-8-25(23)28-26(22)24/h2-16H,17H2,1H3. The van der Waals surface area contributed by atoms with Gasteiger partial charge in [-0.2, -0.15) is 0 Å². The van der Waals surface area contributed by atoms with Crippen LogP contribution in [0.5, 0.6) is 0 Å². The van der Waals surface area contributed by atoms with E-state index >= 15 is 0 Å². The molecule has 2 nitrogen and oxygen atoms in total. The molecule has 0 radical (unpaired) electrons. The molecule has 0 spiro atoms. The third-order valence-corrected chi connectivity index (χ3v) is 5.20. The van der Waals surface area contributed by atoms with Crippen molar-refractivity contribution in [3.8, 4) is 22.3 Å². The molecule has 4 aromatic carbocycles. The Hall–Kier alpha value is -3.36. The fourth-order valence-corrected chi connectivity index (χ4v) is 3.78. The molecule has 0 aliphatic carbocycles. The van der Waals surface area contributed by atoms with Gasteiger partial charge in [-0.05, 0) is 28.3 Å². The average Bonchev–Trinajstić information content (AvgIpc) is 3.14. The van der Waals surface area contributed by atoms with Crippen LogP contribution in [0.2, 0.25) is 0 Å². The minimum atomic E-state index is 0.640. The van der Waals surface area contributed by atoms with Crippen molar-refractivity contribution in [1.29, 1.82) is 0 Å². The van der Waals surface area contributed by atoms with E-state index in [0.717, 1.165) is 33.1 Å². The first kappa shape index (κ1) is 16.8. The van der Waals surface area contributed by atoms with Crippen LogP contribution in [0.15, 0.2) is 95.4 Å². The summed E-state index contributed by atoms with van der Waals surface area (Å²) in [5.74, 6) is 0. The van der Waals surface area contributed by atoms with Crippen LogP contribution in [-0.4, -0.2) is 7.11 Å². The van der Waals surface area contributed by atoms with Gasteiger partial charge in [0.15, 0.2) is 0 Å². The molecule has 0 aliphatic rings. The highest BCUT2D eigenvalue weighted by Crippen LogP contribution is 2.36. The van der Waals surface area contributed by atoms with E-state index in [-0.39, 0.29) is 0 Å². The predicted octanol–water partition coefficient (Wildman–Crippen LogP) is 7.07. The van der Waals surface area contributed by atoms with Gasteiger partial charge in [0, 0.05) is 23.4 Å². The maximum Gasteiger partial charge on any atom is 0.143 e. The lowest BCUT2D eigenvalue weighted by Crippen LogP contribution is -1.87. The summed E-state index contributed by atoms with van der Waals surface area (Å²) in [6, 6.07) is 31.7. The molecule has 0 atom stereocenters. The Kier molecular flexibility index (Phi) is 4.19. The van der Waals surface area contributed by atoms with Crippen LogP contribution in [0, 0.1) is 0 Å². The minimum absolute atomic E-state index is 0.640. The van der Waals surface area contributed by atoms with Crippen molar-refractivity contribution in [3.63, 3.8) is 0 Å². The summed E-state index contributed by atoms with van der Waals surface area (Å²) in [5.41, 5.74) is 7.73. The monoisotopic (exact) mass is 364 g/mol. The molecule has 0 unspecified atom stereocenters. The van der Waals surface area contributed by atoms with Gasteiger partial charge in [-0.25, -0.2) is 0 Å². The number of para-hydroxylation sites is 2. The Balaban J connectivity index is 1.54. The lowest BCUT2D eigenvalue weighted by Gasteiger charge is -2.07. The van der Waals surface area contributed by atoms with E-state index in [9.17, 15) is 0 Å². The van der Waals surface area contributed by atoms with Crippen LogP contribution < -0.4 is 0 Å². The molecule has 5 aromatic rings. The third-order valence-electron chi connectivity index (χ3n) is 5.20. The molecular weight excluding hydrogens is 344 g/mol. The molecule has 0 bridgehead atoms. The minimum Gasteiger partial charge on any atom is -0.455 e. The highest BCUT2D eigenvalue weighted by molar-refractivity contribution is 6.09. The quantitative estimate of drug-likeness (QED) is 0.340. The Labute approximate surface area is 164 Å². The van der Waals surface area contributed by atoms with Crippen molar-refractivity contribution in [2.75, 3.05) is 7.11 Å². The molecule has 5 rings (SSSR count). The van der Waals surface area contributed by atoms with Crippen molar-refractivity contribution >= 4 is 21.9 Å². The number of fused-ring (bicyclic) bond motifs is 3. The maximum atomic E-state index is 6.18. The second-order valence-electron chi connectivity index (χ2n) is 6.99. The molecule has 1 aromatic heterocycles. The summed E-state index contributed by atoms with van der Waals surface area (Å²) in [5, 5.41) is 2.32. The lowest BCUT2D eigenvalue weighted by atomic mass is 9.98. The van der Waals surface area contributed by atoms with Crippen LogP contribution in [0.4, 0.5) is 0 Å². The van der Waals surface area contributed by atoms with Crippen LogP contribution in [0.3, 0.4) is 0 Å². The van der Waals surface area contributed by atoms with E-state index in [1.54, 1.807) is 7.11 Å². The van der Waals surface area contributed by atoms with Crippen molar-refractivity contribution in [1.82, 2.24) is 0 Å². The zero-order chi connectivity index (χ0) is 18.9. The molecule has 2 heteroatoms. The number of furan rings is 1. The van der Waals surface area contributed by atoms with Gasteiger partial charge in [-0.1, -0.05) is 84.9 Å². The SMILES string of the molecule is COCc1ccc(-c2ccc(-c3cccc4c3oc3ccccc34)cc2)cc1. The van der Waals surface area contributed by atoms with Gasteiger partial charge in [0.25, 0.3) is 0 Å². The number of ether oxygens (including phenoxy) is 1. The van der Waals surface area contributed by atoms with E-state index in [1.807, 2.05) is 12.1 Å². The van der Waals surface area contributed by atoms with Crippen molar-refractivity contribution in [2.24, 2.45) is 0 Å². The molecule has 0 fully saturated rings. The molecule has 0 saturated heterocycles. The largest absolute Gasteiger partial charge is 0.455 e. The van der Waals surface area contributed by atoms with Gasteiger partial charge in [-0.3, -0.25) is 0 Å². The maximum absolute atomic E-state index is 6.18. The molecule has 0 N–H and O–H groups in total. The first-order chi connectivity index (χ1) is 13.8. The van der Waals surface area contributed by atoms with E-state index < -0.39 is 0 Å². The number of benzene rings is 4. The molecular formula is C26H20O2. The Morgan fingerprint density at radius 3 is 2.04 bits per heavy atom. The molecule has 0 aliphatic heterocycles. The summed E-state index contributed by atoms with van der Waals surface area (Å²) in [6.07, 6.45) is 0. The summed E-state index contributed by atoms with van der Waals surface area (Å²) < 4.78 is 11.4. The first-order valence-corrected chi connectivity index (χ1v) is 9.42. The Morgan fingerprint density at radius 2 is 1.29 bits per heavy atom. The topological polar surface area (TPSA) is 22.4 Å². The fraction of sp³-hybridized carbons (Fsp3) is 0.0769. The highest BCUT2D eigenvalue weighted by Gasteiger charge is 2.11. The number of rotatable bonds is 4. The van der Waals surface area contributed by atoms with Crippen molar-refractivity contribution in [2.45, 2.75) is 6.61 Å². The van der Waals surface area contributed by atoms with Gasteiger partial charge in [0.1, 0.15) is 11.2 Å². The molecule has 28 heavy (non-hydrogen) atoms. The number of methoxy groups -OCH3 is 1. The van der Waals surface area contributed by atoms with E-state index in [1.165, 1.54) is 16.7 Å². The smallest absolute Gasteiger partial charge is 0.143 e. The summed E-state index contributed by atoms with van der Waals surface area (Å²) in [7, 11) is 1.72. The van der Waals surface area contributed by atoms with Gasteiger partial charge < -0.3 is 9.15 Å². The van der Waals surface area contributed by atoms with E-state index in [2.05, 4.69) is 78.9 Å². The van der Waals surface area contributed by atoms with Gasteiger partial charge >= 0.3 is 0 Å². The number of hydrogen-bond donors (Lipinski definition) is 0. The molecule has 1 heterocycles. The van der Waals surface area contributed by atoms with Crippen LogP contribution >= 0.6 is 0 Å². The fourth-order valence-electron chi connectivity index (χ4n) is 3.78. The normalized spacial score (nSPS) is 11.3. The second kappa shape index (κ2) is 6.99. The molecule has 0 amide bonds. The summed E-state index contributed by atoms with van der Waals surface area (Å²) >= 11 is 0.